The maximum Gasteiger partial charge on any atom is 0.129 e. The lowest BCUT2D eigenvalue weighted by molar-refractivity contribution is -0.165. The number of hydrogen-bond donors (Lipinski definition) is 1. The standard InChI is InChI=1S/C15H20F2O3/c1-2-20-15(5-7-19-8-6-15)14(18)9-11-3-4-12(16)10-13(11)17/h3-4,10,14,18H,2,5-9H2,1H3. The molecule has 1 aromatic rings. The Balaban J connectivity index is 2.13. The Kier molecular flexibility index (Phi) is 5.07. The molecule has 3 nitrogen and oxygen atoms in total. The lowest BCUT2D eigenvalue weighted by Gasteiger charge is -2.40. The second-order valence-electron chi connectivity index (χ2n) is 5.07. The van der Waals surface area contributed by atoms with Crippen LogP contribution in [0.4, 0.5) is 8.78 Å². The van der Waals surface area contributed by atoms with Gasteiger partial charge in [-0.25, -0.2) is 8.78 Å². The van der Waals surface area contributed by atoms with Crippen LogP contribution in [0.3, 0.4) is 0 Å². The molecular weight excluding hydrogens is 266 g/mol. The van der Waals surface area contributed by atoms with Gasteiger partial charge in [0.15, 0.2) is 0 Å². The fourth-order valence-corrected chi connectivity index (χ4v) is 2.66. The molecule has 1 saturated heterocycles. The molecule has 0 aliphatic carbocycles. The number of ether oxygens (including phenoxy) is 2. The minimum absolute atomic E-state index is 0.103. The Morgan fingerprint density at radius 1 is 1.35 bits per heavy atom. The average molecular weight is 286 g/mol. The van der Waals surface area contributed by atoms with Gasteiger partial charge in [-0.05, 0) is 18.6 Å². The first kappa shape index (κ1) is 15.4. The molecule has 0 saturated carbocycles. The van der Waals surface area contributed by atoms with E-state index in [4.69, 9.17) is 9.47 Å². The number of halogens is 2. The summed E-state index contributed by atoms with van der Waals surface area (Å²) in [5.74, 6) is -1.26. The number of aliphatic hydroxyl groups is 1. The Labute approximate surface area is 117 Å². The van der Waals surface area contributed by atoms with E-state index in [0.717, 1.165) is 6.07 Å². The van der Waals surface area contributed by atoms with Crippen molar-refractivity contribution >= 4 is 0 Å². The van der Waals surface area contributed by atoms with Crippen molar-refractivity contribution in [2.24, 2.45) is 0 Å². The normalized spacial score (nSPS) is 19.8. The topological polar surface area (TPSA) is 38.7 Å². The third-order valence-corrected chi connectivity index (χ3v) is 3.81. The predicted molar refractivity (Wildman–Crippen MR) is 70.5 cm³/mol. The van der Waals surface area contributed by atoms with Crippen molar-refractivity contribution in [3.05, 3.63) is 35.4 Å². The number of rotatable bonds is 5. The van der Waals surface area contributed by atoms with Gasteiger partial charge in [0.05, 0.1) is 11.7 Å². The van der Waals surface area contributed by atoms with E-state index in [1.807, 2.05) is 6.92 Å². The summed E-state index contributed by atoms with van der Waals surface area (Å²) in [6.45, 7) is 3.37. The fraction of sp³-hybridized carbons (Fsp3) is 0.600. The van der Waals surface area contributed by atoms with E-state index in [-0.39, 0.29) is 6.42 Å². The van der Waals surface area contributed by atoms with Crippen molar-refractivity contribution in [3.8, 4) is 0 Å². The van der Waals surface area contributed by atoms with Crippen molar-refractivity contribution in [3.63, 3.8) is 0 Å². The van der Waals surface area contributed by atoms with Crippen LogP contribution in [0.5, 0.6) is 0 Å². The predicted octanol–water partition coefficient (Wildman–Crippen LogP) is 2.45. The van der Waals surface area contributed by atoms with Gasteiger partial charge in [0.25, 0.3) is 0 Å². The van der Waals surface area contributed by atoms with E-state index in [0.29, 0.717) is 38.2 Å². The molecule has 112 valence electrons. The highest BCUT2D eigenvalue weighted by molar-refractivity contribution is 5.20. The molecule has 1 atom stereocenters. The van der Waals surface area contributed by atoms with Crippen LogP contribution in [-0.4, -0.2) is 36.6 Å². The SMILES string of the molecule is CCOC1(C(O)Cc2ccc(F)cc2F)CCOCC1. The molecule has 20 heavy (non-hydrogen) atoms. The summed E-state index contributed by atoms with van der Waals surface area (Å²) in [6.07, 6.45) is 0.410. The molecule has 1 aliphatic rings. The Bertz CT molecular complexity index is 439. The summed E-state index contributed by atoms with van der Waals surface area (Å²) in [5.41, 5.74) is -0.405. The molecule has 1 unspecified atom stereocenters. The highest BCUT2D eigenvalue weighted by atomic mass is 19.1. The van der Waals surface area contributed by atoms with Gasteiger partial charge in [0, 0.05) is 45.1 Å². The van der Waals surface area contributed by atoms with Gasteiger partial charge in [-0.1, -0.05) is 6.07 Å². The summed E-state index contributed by atoms with van der Waals surface area (Å²) >= 11 is 0. The lowest BCUT2D eigenvalue weighted by Crippen LogP contribution is -2.50. The number of hydrogen-bond acceptors (Lipinski definition) is 3. The Morgan fingerprint density at radius 2 is 2.05 bits per heavy atom. The smallest absolute Gasteiger partial charge is 0.129 e. The molecule has 1 N–H and O–H groups in total. The molecule has 2 rings (SSSR count). The van der Waals surface area contributed by atoms with Crippen molar-refractivity contribution in [1.82, 2.24) is 0 Å². The monoisotopic (exact) mass is 286 g/mol. The highest BCUT2D eigenvalue weighted by Crippen LogP contribution is 2.31. The minimum atomic E-state index is -0.841. The summed E-state index contributed by atoms with van der Waals surface area (Å²) < 4.78 is 37.6. The average Bonchev–Trinajstić information content (AvgIpc) is 2.43. The van der Waals surface area contributed by atoms with Gasteiger partial charge < -0.3 is 14.6 Å². The lowest BCUT2D eigenvalue weighted by atomic mass is 9.84. The first-order valence-corrected chi connectivity index (χ1v) is 6.91. The number of aliphatic hydroxyl groups excluding tert-OH is 1. The zero-order valence-electron chi connectivity index (χ0n) is 11.6. The van der Waals surface area contributed by atoms with Gasteiger partial charge in [-0.15, -0.1) is 0 Å². The van der Waals surface area contributed by atoms with Crippen molar-refractivity contribution < 1.29 is 23.4 Å². The van der Waals surface area contributed by atoms with Crippen LogP contribution >= 0.6 is 0 Å². The van der Waals surface area contributed by atoms with E-state index in [9.17, 15) is 13.9 Å². The van der Waals surface area contributed by atoms with Gasteiger partial charge in [-0.2, -0.15) is 0 Å². The Morgan fingerprint density at radius 3 is 2.65 bits per heavy atom. The van der Waals surface area contributed by atoms with E-state index in [1.54, 1.807) is 0 Å². The van der Waals surface area contributed by atoms with Crippen molar-refractivity contribution in [2.45, 2.75) is 37.9 Å². The molecule has 1 aliphatic heterocycles. The van der Waals surface area contributed by atoms with E-state index in [2.05, 4.69) is 0 Å². The molecule has 0 amide bonds. The maximum absolute atomic E-state index is 13.7. The maximum atomic E-state index is 13.7. The first-order chi connectivity index (χ1) is 9.57. The molecule has 1 fully saturated rings. The summed E-state index contributed by atoms with van der Waals surface area (Å²) in [7, 11) is 0. The van der Waals surface area contributed by atoms with Crippen LogP contribution in [-0.2, 0) is 15.9 Å². The van der Waals surface area contributed by atoms with E-state index < -0.39 is 23.3 Å². The van der Waals surface area contributed by atoms with E-state index in [1.165, 1.54) is 12.1 Å². The molecule has 1 aromatic carbocycles. The molecular formula is C15H20F2O3. The van der Waals surface area contributed by atoms with Crippen LogP contribution in [0.15, 0.2) is 18.2 Å². The molecule has 0 radical (unpaired) electrons. The van der Waals surface area contributed by atoms with Crippen LogP contribution < -0.4 is 0 Å². The van der Waals surface area contributed by atoms with Crippen LogP contribution in [0.25, 0.3) is 0 Å². The van der Waals surface area contributed by atoms with Crippen LogP contribution in [0.2, 0.25) is 0 Å². The zero-order chi connectivity index (χ0) is 14.6. The van der Waals surface area contributed by atoms with Crippen LogP contribution in [0.1, 0.15) is 25.3 Å². The largest absolute Gasteiger partial charge is 0.390 e. The summed E-state index contributed by atoms with van der Waals surface area (Å²) in [5, 5.41) is 10.5. The molecule has 0 bridgehead atoms. The number of benzene rings is 1. The Hall–Kier alpha value is -1.04. The highest BCUT2D eigenvalue weighted by Gasteiger charge is 2.40. The van der Waals surface area contributed by atoms with Gasteiger partial charge in [-0.3, -0.25) is 0 Å². The van der Waals surface area contributed by atoms with Crippen molar-refractivity contribution in [2.75, 3.05) is 19.8 Å². The third kappa shape index (κ3) is 3.34. The van der Waals surface area contributed by atoms with Gasteiger partial charge in [0.2, 0.25) is 0 Å². The van der Waals surface area contributed by atoms with Gasteiger partial charge in [0.1, 0.15) is 11.6 Å². The molecule has 1 heterocycles. The summed E-state index contributed by atoms with van der Waals surface area (Å²) in [4.78, 5) is 0. The summed E-state index contributed by atoms with van der Waals surface area (Å²) in [6, 6.07) is 3.40. The van der Waals surface area contributed by atoms with Crippen molar-refractivity contribution in [1.29, 1.82) is 0 Å². The van der Waals surface area contributed by atoms with Crippen LogP contribution in [0, 0.1) is 11.6 Å². The first-order valence-electron chi connectivity index (χ1n) is 6.91. The zero-order valence-corrected chi connectivity index (χ0v) is 11.6. The van der Waals surface area contributed by atoms with Gasteiger partial charge >= 0.3 is 0 Å². The second-order valence-corrected chi connectivity index (χ2v) is 5.07. The molecule has 0 spiro atoms. The minimum Gasteiger partial charge on any atom is -0.390 e. The molecule has 0 aromatic heterocycles. The third-order valence-electron chi connectivity index (χ3n) is 3.81. The fourth-order valence-electron chi connectivity index (χ4n) is 2.66. The second kappa shape index (κ2) is 6.61. The quantitative estimate of drug-likeness (QED) is 0.903. The molecule has 5 heteroatoms. The van der Waals surface area contributed by atoms with E-state index >= 15 is 0 Å².